The van der Waals surface area contributed by atoms with Crippen LogP contribution in [0.25, 0.3) is 0 Å². The van der Waals surface area contributed by atoms with E-state index >= 15 is 0 Å². The van der Waals surface area contributed by atoms with E-state index in [0.717, 1.165) is 11.1 Å². The van der Waals surface area contributed by atoms with E-state index in [1.54, 1.807) is 18.2 Å². The monoisotopic (exact) mass is 478 g/mol. The van der Waals surface area contributed by atoms with E-state index in [0.29, 0.717) is 40.2 Å². The van der Waals surface area contributed by atoms with Gasteiger partial charge >= 0.3 is 0 Å². The fraction of sp³-hybridized carbons (Fsp3) is 0.440. The zero-order chi connectivity index (χ0) is 23.8. The number of amides is 2. The number of ether oxygens (including phenoxy) is 1. The Kier molecular flexibility index (Phi) is 9.85. The molecule has 2 aromatic carbocycles. The highest BCUT2D eigenvalue weighted by atomic mass is 35.5. The molecule has 1 N–H and O–H groups in total. The Hall–Kier alpha value is -2.24. The lowest BCUT2D eigenvalue weighted by molar-refractivity contribution is -0.143. The third-order valence-corrected chi connectivity index (χ3v) is 5.57. The predicted molar refractivity (Wildman–Crippen MR) is 130 cm³/mol. The summed E-state index contributed by atoms with van der Waals surface area (Å²) < 4.78 is 5.79. The van der Waals surface area contributed by atoms with Crippen LogP contribution in [-0.2, 0) is 16.1 Å². The fourth-order valence-electron chi connectivity index (χ4n) is 3.42. The van der Waals surface area contributed by atoms with Gasteiger partial charge in [-0.25, -0.2) is 0 Å². The van der Waals surface area contributed by atoms with E-state index in [4.69, 9.17) is 27.9 Å². The number of nitrogens with one attached hydrogen (secondary N) is 1. The molecular formula is C25H32Cl2N2O3. The number of benzene rings is 2. The first-order valence-electron chi connectivity index (χ1n) is 10.8. The molecule has 2 amide bonds. The Morgan fingerprint density at radius 1 is 1.06 bits per heavy atom. The Balaban J connectivity index is 2.26. The average Bonchev–Trinajstić information content (AvgIpc) is 2.71. The van der Waals surface area contributed by atoms with Gasteiger partial charge in [-0.15, -0.1) is 0 Å². The minimum absolute atomic E-state index is 0.179. The highest BCUT2D eigenvalue weighted by molar-refractivity contribution is 6.35. The molecule has 174 valence electrons. The molecule has 0 unspecified atom stereocenters. The zero-order valence-electron chi connectivity index (χ0n) is 19.4. The molecule has 7 heteroatoms. The lowest BCUT2D eigenvalue weighted by Gasteiger charge is -2.31. The molecule has 2 aromatic rings. The second kappa shape index (κ2) is 12.1. The molecule has 1 atom stereocenters. The first-order chi connectivity index (χ1) is 15.1. The first-order valence-corrected chi connectivity index (χ1v) is 11.6. The Labute approximate surface area is 201 Å². The number of carbonyl (C=O) groups is 2. The van der Waals surface area contributed by atoms with Crippen LogP contribution >= 0.6 is 23.2 Å². The zero-order valence-corrected chi connectivity index (χ0v) is 20.9. The van der Waals surface area contributed by atoms with E-state index in [9.17, 15) is 9.59 Å². The second-order valence-corrected chi connectivity index (χ2v) is 9.28. The van der Waals surface area contributed by atoms with Crippen molar-refractivity contribution in [1.29, 1.82) is 0 Å². The maximum absolute atomic E-state index is 13.3. The van der Waals surface area contributed by atoms with Crippen molar-refractivity contribution in [1.82, 2.24) is 10.2 Å². The van der Waals surface area contributed by atoms with E-state index in [1.807, 2.05) is 52.8 Å². The lowest BCUT2D eigenvalue weighted by Crippen LogP contribution is -2.50. The molecule has 0 fully saturated rings. The molecule has 0 aliphatic heterocycles. The molecule has 2 rings (SSSR count). The van der Waals surface area contributed by atoms with Crippen molar-refractivity contribution in [3.8, 4) is 5.75 Å². The Morgan fingerprint density at radius 3 is 2.28 bits per heavy atom. The number of nitrogens with zero attached hydrogens (tertiary/aromatic N) is 1. The molecule has 0 saturated carbocycles. The van der Waals surface area contributed by atoms with E-state index < -0.39 is 6.04 Å². The quantitative estimate of drug-likeness (QED) is 0.485. The normalized spacial score (nSPS) is 11.9. The van der Waals surface area contributed by atoms with Crippen LogP contribution in [0.15, 0.2) is 36.4 Å². The average molecular weight is 479 g/mol. The lowest BCUT2D eigenvalue weighted by atomic mass is 10.1. The second-order valence-electron chi connectivity index (χ2n) is 8.43. The van der Waals surface area contributed by atoms with Gasteiger partial charge in [0.25, 0.3) is 5.91 Å². The number of aryl methyl sites for hydroxylation is 2. The molecule has 0 heterocycles. The van der Waals surface area contributed by atoms with Crippen LogP contribution in [0.5, 0.6) is 5.75 Å². The highest BCUT2D eigenvalue weighted by Crippen LogP contribution is 2.24. The summed E-state index contributed by atoms with van der Waals surface area (Å²) in [6.07, 6.45) is 0.463. The van der Waals surface area contributed by atoms with Crippen LogP contribution in [0.4, 0.5) is 0 Å². The number of hydrogen-bond acceptors (Lipinski definition) is 3. The van der Waals surface area contributed by atoms with Gasteiger partial charge in [-0.2, -0.15) is 0 Å². The number of hydrogen-bond donors (Lipinski definition) is 1. The summed E-state index contributed by atoms with van der Waals surface area (Å²) in [5.41, 5.74) is 2.82. The minimum atomic E-state index is -0.643. The van der Waals surface area contributed by atoms with Crippen LogP contribution in [0.1, 0.15) is 43.9 Å². The standard InChI is InChI=1S/C25H32Cl2N2O3/c1-6-23(25(31)28-13-16(2)3)29(14-19-7-8-20(26)12-22(19)27)24(30)15-32-21-10-17(4)9-18(5)11-21/h7-12,16,23H,6,13-15H2,1-5H3,(H,28,31)/t23-/m1/s1. The molecule has 32 heavy (non-hydrogen) atoms. The molecule has 0 aliphatic rings. The summed E-state index contributed by atoms with van der Waals surface area (Å²) in [5, 5.41) is 3.90. The SMILES string of the molecule is CC[C@H](C(=O)NCC(C)C)N(Cc1ccc(Cl)cc1Cl)C(=O)COc1cc(C)cc(C)c1. The maximum atomic E-state index is 13.3. The molecule has 0 bridgehead atoms. The molecule has 0 aliphatic carbocycles. The minimum Gasteiger partial charge on any atom is -0.484 e. The van der Waals surface area contributed by atoms with E-state index in [2.05, 4.69) is 5.32 Å². The van der Waals surface area contributed by atoms with Gasteiger partial charge in [0.1, 0.15) is 11.8 Å². The summed E-state index contributed by atoms with van der Waals surface area (Å²) >= 11 is 12.4. The van der Waals surface area contributed by atoms with Gasteiger partial charge in [0.15, 0.2) is 6.61 Å². The summed E-state index contributed by atoms with van der Waals surface area (Å²) in [7, 11) is 0. The first kappa shape index (κ1) is 26.0. The predicted octanol–water partition coefficient (Wildman–Crippen LogP) is 5.57. The molecule has 0 spiro atoms. The van der Waals surface area contributed by atoms with Gasteiger partial charge in [-0.1, -0.05) is 56.1 Å². The van der Waals surface area contributed by atoms with Crippen LogP contribution in [0.3, 0.4) is 0 Å². The molecule has 0 saturated heterocycles. The van der Waals surface area contributed by atoms with Crippen LogP contribution in [0, 0.1) is 19.8 Å². The Bertz CT molecular complexity index is 927. The third kappa shape index (κ3) is 7.72. The maximum Gasteiger partial charge on any atom is 0.261 e. The third-order valence-electron chi connectivity index (χ3n) is 4.98. The van der Waals surface area contributed by atoms with Gasteiger partial charge in [0.2, 0.25) is 5.91 Å². The highest BCUT2D eigenvalue weighted by Gasteiger charge is 2.29. The van der Waals surface area contributed by atoms with Crippen LogP contribution < -0.4 is 10.1 Å². The van der Waals surface area contributed by atoms with Crippen molar-refractivity contribution in [2.24, 2.45) is 5.92 Å². The van der Waals surface area contributed by atoms with Crippen LogP contribution in [0.2, 0.25) is 10.0 Å². The van der Waals surface area contributed by atoms with E-state index in [-0.39, 0.29) is 25.0 Å². The fourth-order valence-corrected chi connectivity index (χ4v) is 3.89. The molecule has 5 nitrogen and oxygen atoms in total. The van der Waals surface area contributed by atoms with Gasteiger partial charge in [-0.05, 0) is 67.1 Å². The van der Waals surface area contributed by atoms with Gasteiger partial charge in [0, 0.05) is 23.1 Å². The Morgan fingerprint density at radius 2 is 1.72 bits per heavy atom. The van der Waals surface area contributed by atoms with Crippen molar-refractivity contribution in [3.63, 3.8) is 0 Å². The summed E-state index contributed by atoms with van der Waals surface area (Å²) in [6.45, 7) is 10.4. The van der Waals surface area contributed by atoms with Crippen molar-refractivity contribution in [2.45, 2.75) is 53.6 Å². The number of halogens is 2. The summed E-state index contributed by atoms with van der Waals surface area (Å²) in [6, 6.07) is 10.3. The largest absolute Gasteiger partial charge is 0.484 e. The van der Waals surface area contributed by atoms with Gasteiger partial charge in [0.05, 0.1) is 0 Å². The van der Waals surface area contributed by atoms with Crippen molar-refractivity contribution < 1.29 is 14.3 Å². The van der Waals surface area contributed by atoms with Crippen molar-refractivity contribution >= 4 is 35.0 Å². The smallest absolute Gasteiger partial charge is 0.261 e. The summed E-state index contributed by atoms with van der Waals surface area (Å²) in [4.78, 5) is 27.7. The molecular weight excluding hydrogens is 447 g/mol. The number of rotatable bonds is 10. The van der Waals surface area contributed by atoms with E-state index in [1.165, 1.54) is 4.90 Å². The number of carbonyl (C=O) groups excluding carboxylic acids is 2. The summed E-state index contributed by atoms with van der Waals surface area (Å²) in [5.74, 6) is 0.449. The topological polar surface area (TPSA) is 58.6 Å². The van der Waals surface area contributed by atoms with Crippen LogP contribution in [-0.4, -0.2) is 35.9 Å². The van der Waals surface area contributed by atoms with Crippen molar-refractivity contribution in [3.05, 3.63) is 63.1 Å². The van der Waals surface area contributed by atoms with Gasteiger partial charge < -0.3 is 15.0 Å². The molecule has 0 aromatic heterocycles. The molecule has 0 radical (unpaired) electrons. The van der Waals surface area contributed by atoms with Crippen molar-refractivity contribution in [2.75, 3.05) is 13.2 Å². The van der Waals surface area contributed by atoms with Gasteiger partial charge in [-0.3, -0.25) is 9.59 Å².